The molecule has 0 saturated heterocycles. The highest BCUT2D eigenvalue weighted by atomic mass is 32.2. The van der Waals surface area contributed by atoms with Crippen LogP contribution < -0.4 is 0 Å². The summed E-state index contributed by atoms with van der Waals surface area (Å²) >= 11 is 0. The molecular weight excluding hydrogens is 1070 g/mol. The number of nitro groups is 2. The van der Waals surface area contributed by atoms with Crippen molar-refractivity contribution in [3.05, 3.63) is 176 Å². The van der Waals surface area contributed by atoms with Gasteiger partial charge in [0.1, 0.15) is 23.0 Å². The van der Waals surface area contributed by atoms with Crippen molar-refractivity contribution in [3.63, 3.8) is 0 Å². The third kappa shape index (κ3) is 7.44. The molecular formula is C55H54N12O11S2. The summed E-state index contributed by atoms with van der Waals surface area (Å²) < 4.78 is 73.1. The molecule has 0 bridgehead atoms. The average molecular weight is 1120 g/mol. The van der Waals surface area contributed by atoms with Gasteiger partial charge in [-0.15, -0.1) is 20.4 Å². The summed E-state index contributed by atoms with van der Waals surface area (Å²) in [5.74, 6) is 0.530. The minimum absolute atomic E-state index is 0.0580. The Bertz CT molecular complexity index is 3970. The van der Waals surface area contributed by atoms with E-state index in [-0.39, 0.29) is 66.7 Å². The van der Waals surface area contributed by atoms with Crippen LogP contribution in [-0.4, -0.2) is 103 Å². The third-order valence-electron chi connectivity index (χ3n) is 17.0. The minimum atomic E-state index is -4.11. The Morgan fingerprint density at radius 3 is 1.32 bits per heavy atom. The van der Waals surface area contributed by atoms with E-state index in [4.69, 9.17) is 9.47 Å². The van der Waals surface area contributed by atoms with Gasteiger partial charge in [-0.3, -0.25) is 29.0 Å². The van der Waals surface area contributed by atoms with Crippen molar-refractivity contribution < 1.29 is 41.0 Å². The smallest absolute Gasteiger partial charge is 0.422 e. The lowest BCUT2D eigenvalue weighted by molar-refractivity contribution is -0.558. The second-order valence-corrected chi connectivity index (χ2v) is 24.7. The molecule has 4 aliphatic carbocycles. The molecule has 0 spiro atoms. The van der Waals surface area contributed by atoms with Gasteiger partial charge in [-0.25, -0.2) is 39.5 Å². The van der Waals surface area contributed by atoms with E-state index in [9.17, 15) is 41.9 Å². The zero-order valence-corrected chi connectivity index (χ0v) is 45.6. The van der Waals surface area contributed by atoms with Gasteiger partial charge in [0, 0.05) is 33.4 Å². The summed E-state index contributed by atoms with van der Waals surface area (Å²) in [6, 6.07) is 16.1. The summed E-state index contributed by atoms with van der Waals surface area (Å²) in [5, 5.41) is 46.0. The van der Waals surface area contributed by atoms with Crippen LogP contribution in [0.1, 0.15) is 101 Å². The van der Waals surface area contributed by atoms with Crippen LogP contribution in [0.4, 0.5) is 4.79 Å². The molecule has 0 N–H and O–H groups in total. The molecule has 4 atom stereocenters. The van der Waals surface area contributed by atoms with Crippen molar-refractivity contribution in [2.75, 3.05) is 0 Å². The number of nitrogens with zero attached hydrogens (tertiary/aromatic N) is 12. The molecule has 0 radical (unpaired) electrons. The Balaban J connectivity index is 0.842. The largest absolute Gasteiger partial charge is 0.510 e. The summed E-state index contributed by atoms with van der Waals surface area (Å²) in [6.07, 6.45) is 15.2. The number of hydrogen-bond donors (Lipinski definition) is 0. The fourth-order valence-corrected chi connectivity index (χ4v) is 15.9. The normalized spacial score (nSPS) is 22.8. The molecule has 23 nitrogen and oxygen atoms in total. The van der Waals surface area contributed by atoms with E-state index in [0.717, 1.165) is 19.1 Å². The second kappa shape index (κ2) is 18.9. The number of rotatable bonds is 14. The van der Waals surface area contributed by atoms with Crippen LogP contribution >= 0.6 is 0 Å². The predicted octanol–water partition coefficient (Wildman–Crippen LogP) is 8.62. The van der Waals surface area contributed by atoms with Gasteiger partial charge >= 0.3 is 6.16 Å². The quantitative estimate of drug-likeness (QED) is 0.0426. The topological polar surface area (TPSA) is 286 Å². The number of benzene rings is 2. The van der Waals surface area contributed by atoms with Crippen molar-refractivity contribution in [3.8, 4) is 0 Å². The summed E-state index contributed by atoms with van der Waals surface area (Å²) in [7, 11) is -8.22. The van der Waals surface area contributed by atoms with Gasteiger partial charge < -0.3 is 9.47 Å². The first-order valence-corrected chi connectivity index (χ1v) is 29.3. The van der Waals surface area contributed by atoms with E-state index in [1.54, 1.807) is 71.2 Å². The van der Waals surface area contributed by atoms with Crippen LogP contribution in [0.15, 0.2) is 143 Å². The van der Waals surface area contributed by atoms with Crippen LogP contribution in [0.2, 0.25) is 0 Å². The van der Waals surface area contributed by atoms with Crippen LogP contribution in [0, 0.1) is 34.1 Å². The Labute approximate surface area is 457 Å². The molecule has 8 aromatic rings. The van der Waals surface area contributed by atoms with Crippen molar-refractivity contribution in [2.45, 2.75) is 136 Å². The molecule has 80 heavy (non-hydrogen) atoms. The molecule has 0 amide bonds. The number of aromatic nitrogens is 10. The zero-order valence-electron chi connectivity index (χ0n) is 43.9. The number of aryl methyl sites for hydroxylation is 2. The fourth-order valence-electron chi connectivity index (χ4n) is 13.3. The summed E-state index contributed by atoms with van der Waals surface area (Å²) in [5.41, 5.74) is -2.61. The van der Waals surface area contributed by atoms with Crippen LogP contribution in [0.25, 0.3) is 33.6 Å². The van der Waals surface area contributed by atoms with Crippen LogP contribution in [-0.2, 0) is 40.4 Å². The fraction of sp³-hybridized carbons (Fsp3) is 0.364. The van der Waals surface area contributed by atoms with Gasteiger partial charge in [0.2, 0.25) is 0 Å². The Morgan fingerprint density at radius 2 is 0.975 bits per heavy atom. The van der Waals surface area contributed by atoms with E-state index in [0.29, 0.717) is 73.5 Å². The molecule has 12 rings (SSSR count). The second-order valence-electron chi connectivity index (χ2n) is 21.1. The molecule has 412 valence electrons. The van der Waals surface area contributed by atoms with Gasteiger partial charge in [0.05, 0.1) is 33.2 Å². The van der Waals surface area contributed by atoms with Crippen molar-refractivity contribution in [1.82, 2.24) is 47.1 Å². The lowest BCUT2D eigenvalue weighted by Crippen LogP contribution is -2.58. The Morgan fingerprint density at radius 1 is 0.600 bits per heavy atom. The standard InChI is InChI=1S/C55H54N12O11S2/c1-5-37-31-39(19-27-54(37,66(69)70)52(23-7-8-24-52)49-60-58-45-33-56-47-43(64(45)49)21-29-62(47)79(73,74)41-15-11-35(3)12-16-41)77-51(68)78-40-20-28-55(67(71)72,38(6-2)32-40)53(25-9-10-26-53)50-61-59-46-34-57-48-44(65(46)50)22-30-63(48)80(75,76)42-17-13-36(4)14-18-42/h11-22,27-34,39-40H,5-10,23-26H2,1-4H3/t39-,40-,54+,55+/m1/s1. The first-order chi connectivity index (χ1) is 38.4. The molecule has 25 heteroatoms. The Kier molecular flexibility index (Phi) is 12.3. The molecule has 4 aliphatic rings. The molecule has 2 saturated carbocycles. The van der Waals surface area contributed by atoms with Crippen molar-refractivity contribution in [2.24, 2.45) is 0 Å². The molecule has 6 heterocycles. The van der Waals surface area contributed by atoms with Gasteiger partial charge in [0.25, 0.3) is 31.1 Å². The van der Waals surface area contributed by atoms with E-state index in [1.165, 1.54) is 73.4 Å². The highest BCUT2D eigenvalue weighted by molar-refractivity contribution is 7.90. The maximum absolute atomic E-state index is 14.0. The highest BCUT2D eigenvalue weighted by Gasteiger charge is 2.68. The number of carbonyl (C=O) groups excluding carboxylic acids is 1. The van der Waals surface area contributed by atoms with Gasteiger partial charge in [-0.05, 0) is 125 Å². The summed E-state index contributed by atoms with van der Waals surface area (Å²) in [6.45, 7) is 7.26. The molecule has 0 aliphatic heterocycles. The van der Waals surface area contributed by atoms with Gasteiger partial charge in [-0.2, -0.15) is 0 Å². The van der Waals surface area contributed by atoms with E-state index < -0.39 is 60.3 Å². The van der Waals surface area contributed by atoms with Gasteiger partial charge in [-0.1, -0.05) is 74.9 Å². The molecule has 2 fully saturated rings. The van der Waals surface area contributed by atoms with E-state index >= 15 is 0 Å². The highest BCUT2D eigenvalue weighted by Crippen LogP contribution is 2.57. The number of ether oxygens (including phenoxy) is 2. The lowest BCUT2D eigenvalue weighted by Gasteiger charge is -2.42. The van der Waals surface area contributed by atoms with Crippen LogP contribution in [0.3, 0.4) is 0 Å². The maximum Gasteiger partial charge on any atom is 0.510 e. The predicted molar refractivity (Wildman–Crippen MR) is 290 cm³/mol. The molecule has 0 unspecified atom stereocenters. The van der Waals surface area contributed by atoms with Crippen molar-refractivity contribution >= 4 is 59.8 Å². The Hall–Kier alpha value is -8.45. The van der Waals surface area contributed by atoms with Crippen LogP contribution in [0.5, 0.6) is 0 Å². The lowest BCUT2D eigenvalue weighted by atomic mass is 9.61. The average Bonchev–Trinajstić information content (AvgIpc) is 4.47. The molecule has 6 aromatic heterocycles. The van der Waals surface area contributed by atoms with Gasteiger partial charge in [0.15, 0.2) is 34.2 Å². The van der Waals surface area contributed by atoms with Crippen molar-refractivity contribution in [1.29, 1.82) is 0 Å². The monoisotopic (exact) mass is 1120 g/mol. The third-order valence-corrected chi connectivity index (χ3v) is 20.4. The zero-order chi connectivity index (χ0) is 56.1. The maximum atomic E-state index is 14.0. The number of fused-ring (bicyclic) bond motifs is 6. The first-order valence-electron chi connectivity index (χ1n) is 26.4. The minimum Gasteiger partial charge on any atom is -0.422 e. The molecule has 2 aromatic carbocycles. The van der Waals surface area contributed by atoms with E-state index in [2.05, 4.69) is 30.4 Å². The van der Waals surface area contributed by atoms with E-state index in [1.807, 2.05) is 13.8 Å². The number of hydrogen-bond acceptors (Lipinski definition) is 17. The summed E-state index contributed by atoms with van der Waals surface area (Å²) in [4.78, 5) is 50.2. The first kappa shape index (κ1) is 52.3. The number of carbonyl (C=O) groups is 1. The SMILES string of the molecule is CCC1=C[C@H](OC(=O)O[C@@H]2C=C[C@@]([N+](=O)[O-])(C3(c4nnc5cnc6c(ccn6S(=O)(=O)c6ccc(C)cc6)n45)CCCC3)C(CC)=C2)C=C[C@@]1([N+](=O)[O-])C1(c2nnc3cnc4c(ccn4S(=O)(=O)c4ccc(C)cc4)n23)CCCC1.